The number of nitrogens with zero attached hydrogens (tertiary/aromatic N) is 3. The van der Waals surface area contributed by atoms with Gasteiger partial charge >= 0.3 is 0 Å². The lowest BCUT2D eigenvalue weighted by Gasteiger charge is -2.26. The van der Waals surface area contributed by atoms with Gasteiger partial charge in [-0.25, -0.2) is 9.55 Å². The predicted molar refractivity (Wildman–Crippen MR) is 111 cm³/mol. The first-order valence-electron chi connectivity index (χ1n) is 10.2. The number of rotatable bonds is 6. The fourth-order valence-electron chi connectivity index (χ4n) is 4.27. The molecule has 2 aliphatic heterocycles. The summed E-state index contributed by atoms with van der Waals surface area (Å²) in [6, 6.07) is 6.56. The number of aryl methyl sites for hydroxylation is 2. The summed E-state index contributed by atoms with van der Waals surface area (Å²) in [5.74, 6) is 0.973. The number of aromatic nitrogens is 2. The zero-order valence-electron chi connectivity index (χ0n) is 16.1. The van der Waals surface area contributed by atoms with Gasteiger partial charge in [-0.2, -0.15) is 0 Å². The summed E-state index contributed by atoms with van der Waals surface area (Å²) in [6.45, 7) is 6.72. The first kappa shape index (κ1) is 18.0. The predicted octanol–water partition coefficient (Wildman–Crippen LogP) is 3.30. The summed E-state index contributed by atoms with van der Waals surface area (Å²) in [5.41, 5.74) is 2.66. The molecule has 0 bridgehead atoms. The van der Waals surface area contributed by atoms with Crippen LogP contribution in [0.15, 0.2) is 36.0 Å². The Hall–Kier alpha value is -2.02. The van der Waals surface area contributed by atoms with Gasteiger partial charge in [-0.15, -0.1) is 11.3 Å². The minimum atomic E-state index is 0.754. The number of hydrogen-bond acceptors (Lipinski definition) is 5. The van der Waals surface area contributed by atoms with Crippen LogP contribution in [0.2, 0.25) is 0 Å². The Labute approximate surface area is 169 Å². The van der Waals surface area contributed by atoms with Crippen LogP contribution in [0, 0.1) is 0 Å². The summed E-state index contributed by atoms with van der Waals surface area (Å²) < 4.78 is 13.9. The van der Waals surface area contributed by atoms with Crippen molar-refractivity contribution in [3.8, 4) is 16.3 Å². The molecule has 1 aromatic carbocycles. The van der Waals surface area contributed by atoms with Crippen molar-refractivity contribution in [3.05, 3.63) is 41.7 Å². The first-order chi connectivity index (χ1) is 13.9. The maximum absolute atomic E-state index is 6.12. The van der Waals surface area contributed by atoms with Crippen molar-refractivity contribution in [2.24, 2.45) is 0 Å². The smallest absolute Gasteiger partial charge is 0.189 e. The zero-order valence-corrected chi connectivity index (χ0v) is 16.9. The van der Waals surface area contributed by atoms with Crippen molar-refractivity contribution in [1.29, 1.82) is 0 Å². The van der Waals surface area contributed by atoms with Gasteiger partial charge in [0.05, 0.1) is 30.8 Å². The SMILES string of the molecule is c1csc(-c2c[n+]3c(c4cc(OCCCN5CCOCC5)ccc24)CCC3)n1. The van der Waals surface area contributed by atoms with Crippen LogP contribution in [-0.2, 0) is 17.7 Å². The summed E-state index contributed by atoms with van der Waals surface area (Å²) in [6.07, 6.45) is 7.56. The van der Waals surface area contributed by atoms with E-state index < -0.39 is 0 Å². The maximum atomic E-state index is 6.12. The molecule has 0 atom stereocenters. The van der Waals surface area contributed by atoms with Gasteiger partial charge in [-0.05, 0) is 24.6 Å². The van der Waals surface area contributed by atoms with E-state index in [-0.39, 0.29) is 0 Å². The normalized spacial score (nSPS) is 17.1. The number of benzene rings is 1. The third-order valence-electron chi connectivity index (χ3n) is 5.69. The minimum Gasteiger partial charge on any atom is -0.494 e. The molecule has 0 saturated carbocycles. The van der Waals surface area contributed by atoms with Crippen LogP contribution in [0.1, 0.15) is 18.5 Å². The van der Waals surface area contributed by atoms with Gasteiger partial charge in [0, 0.05) is 49.4 Å². The monoisotopic (exact) mass is 396 g/mol. The number of thiazole rings is 1. The Kier molecular flexibility index (Phi) is 5.25. The third kappa shape index (κ3) is 3.64. The standard InChI is InChI=1S/C22H26N3O2S/c1-3-21-19-15-17(27-11-2-7-24-9-12-26-13-10-24)4-5-18(19)20(16-25(21)8-1)22-23-6-14-28-22/h4-6,14-16H,1-3,7-13H2/q+1. The van der Waals surface area contributed by atoms with Crippen LogP contribution >= 0.6 is 11.3 Å². The summed E-state index contributed by atoms with van der Waals surface area (Å²) in [5, 5.41) is 5.73. The summed E-state index contributed by atoms with van der Waals surface area (Å²) in [4.78, 5) is 7.01. The molecule has 0 spiro atoms. The molecule has 3 aromatic rings. The summed E-state index contributed by atoms with van der Waals surface area (Å²) >= 11 is 1.70. The Bertz CT molecular complexity index is 952. The largest absolute Gasteiger partial charge is 0.494 e. The van der Waals surface area contributed by atoms with E-state index in [0.29, 0.717) is 0 Å². The molecule has 146 valence electrons. The first-order valence-corrected chi connectivity index (χ1v) is 11.1. The fourth-order valence-corrected chi connectivity index (χ4v) is 4.93. The van der Waals surface area contributed by atoms with Crippen molar-refractivity contribution in [1.82, 2.24) is 9.88 Å². The highest BCUT2D eigenvalue weighted by atomic mass is 32.1. The average Bonchev–Trinajstić information content (AvgIpc) is 3.43. The molecule has 2 aromatic heterocycles. The Balaban J connectivity index is 1.35. The van der Waals surface area contributed by atoms with Crippen LogP contribution in [0.3, 0.4) is 0 Å². The fraction of sp³-hybridized carbons (Fsp3) is 0.455. The Morgan fingerprint density at radius 2 is 2.14 bits per heavy atom. The molecule has 0 N–H and O–H groups in total. The van der Waals surface area contributed by atoms with Crippen LogP contribution in [-0.4, -0.2) is 49.3 Å². The minimum absolute atomic E-state index is 0.754. The molecule has 4 heterocycles. The van der Waals surface area contributed by atoms with Crippen molar-refractivity contribution < 1.29 is 14.0 Å². The van der Waals surface area contributed by atoms with Crippen molar-refractivity contribution in [2.75, 3.05) is 39.5 Å². The van der Waals surface area contributed by atoms with Gasteiger partial charge in [0.1, 0.15) is 17.3 Å². The Morgan fingerprint density at radius 3 is 3.00 bits per heavy atom. The van der Waals surface area contributed by atoms with E-state index in [1.165, 1.54) is 28.5 Å². The van der Waals surface area contributed by atoms with Gasteiger partial charge in [-0.3, -0.25) is 4.90 Å². The van der Waals surface area contributed by atoms with Gasteiger partial charge in [0.15, 0.2) is 11.9 Å². The molecule has 0 unspecified atom stereocenters. The van der Waals surface area contributed by atoms with Crippen LogP contribution in [0.5, 0.6) is 5.75 Å². The van der Waals surface area contributed by atoms with E-state index in [4.69, 9.17) is 9.47 Å². The molecule has 1 fully saturated rings. The average molecular weight is 397 g/mol. The highest BCUT2D eigenvalue weighted by molar-refractivity contribution is 7.13. The van der Waals surface area contributed by atoms with Gasteiger partial charge in [-0.1, -0.05) is 0 Å². The van der Waals surface area contributed by atoms with Crippen molar-refractivity contribution >= 4 is 22.1 Å². The molecule has 2 aliphatic rings. The molecule has 1 saturated heterocycles. The van der Waals surface area contributed by atoms with E-state index in [1.807, 2.05) is 11.6 Å². The third-order valence-corrected chi connectivity index (χ3v) is 6.50. The molecule has 0 radical (unpaired) electrons. The molecule has 28 heavy (non-hydrogen) atoms. The van der Waals surface area contributed by atoms with E-state index in [0.717, 1.165) is 69.6 Å². The van der Waals surface area contributed by atoms with Gasteiger partial charge < -0.3 is 9.47 Å². The second-order valence-electron chi connectivity index (χ2n) is 7.49. The molecule has 6 heteroatoms. The highest BCUT2D eigenvalue weighted by Gasteiger charge is 2.25. The van der Waals surface area contributed by atoms with E-state index in [1.54, 1.807) is 11.3 Å². The molecular weight excluding hydrogens is 370 g/mol. The van der Waals surface area contributed by atoms with E-state index in [2.05, 4.69) is 38.8 Å². The highest BCUT2D eigenvalue weighted by Crippen LogP contribution is 2.33. The zero-order chi connectivity index (χ0) is 18.8. The molecular formula is C22H26N3O2S+. The molecule has 5 nitrogen and oxygen atoms in total. The number of fused-ring (bicyclic) bond motifs is 3. The lowest BCUT2D eigenvalue weighted by molar-refractivity contribution is -0.688. The molecule has 0 amide bonds. The van der Waals surface area contributed by atoms with E-state index >= 15 is 0 Å². The van der Waals surface area contributed by atoms with Gasteiger partial charge in [0.2, 0.25) is 0 Å². The quantitative estimate of drug-likeness (QED) is 0.473. The summed E-state index contributed by atoms with van der Waals surface area (Å²) in [7, 11) is 0. The number of pyridine rings is 1. The number of ether oxygens (including phenoxy) is 2. The van der Waals surface area contributed by atoms with Crippen LogP contribution in [0.4, 0.5) is 0 Å². The Morgan fingerprint density at radius 1 is 1.21 bits per heavy atom. The molecule has 5 rings (SSSR count). The van der Waals surface area contributed by atoms with E-state index in [9.17, 15) is 0 Å². The number of hydrogen-bond donors (Lipinski definition) is 0. The number of morpholine rings is 1. The van der Waals surface area contributed by atoms with Crippen LogP contribution < -0.4 is 9.30 Å². The van der Waals surface area contributed by atoms with Crippen molar-refractivity contribution in [2.45, 2.75) is 25.8 Å². The maximum Gasteiger partial charge on any atom is 0.189 e. The lowest BCUT2D eigenvalue weighted by atomic mass is 10.0. The topological polar surface area (TPSA) is 38.5 Å². The second-order valence-corrected chi connectivity index (χ2v) is 8.38. The van der Waals surface area contributed by atoms with Crippen LogP contribution in [0.25, 0.3) is 21.3 Å². The van der Waals surface area contributed by atoms with Crippen molar-refractivity contribution in [3.63, 3.8) is 0 Å². The lowest BCUT2D eigenvalue weighted by Crippen LogP contribution is -2.37. The van der Waals surface area contributed by atoms with Gasteiger partial charge in [0.25, 0.3) is 0 Å². The molecule has 0 aliphatic carbocycles. The second kappa shape index (κ2) is 8.15.